The van der Waals surface area contributed by atoms with Gasteiger partial charge in [0.2, 0.25) is 0 Å². The first kappa shape index (κ1) is 16.6. The fraction of sp³-hybridized carbons (Fsp3) is 0.692. The number of methoxy groups -OCH3 is 1. The fourth-order valence-electron chi connectivity index (χ4n) is 1.63. The fourth-order valence-corrected chi connectivity index (χ4v) is 1.63. The van der Waals surface area contributed by atoms with Crippen molar-refractivity contribution in [2.75, 3.05) is 31.0 Å². The Morgan fingerprint density at radius 2 is 1.90 bits per heavy atom. The maximum atomic E-state index is 9.69. The van der Waals surface area contributed by atoms with E-state index in [1.165, 1.54) is 0 Å². The summed E-state index contributed by atoms with van der Waals surface area (Å²) in [4.78, 5) is 8.93. The summed E-state index contributed by atoms with van der Waals surface area (Å²) >= 11 is 0. The van der Waals surface area contributed by atoms with Gasteiger partial charge < -0.3 is 20.6 Å². The van der Waals surface area contributed by atoms with E-state index in [4.69, 9.17) is 10.6 Å². The van der Waals surface area contributed by atoms with E-state index in [0.717, 1.165) is 5.56 Å². The summed E-state index contributed by atoms with van der Waals surface area (Å²) in [5.41, 5.74) is 3.20. The molecule has 0 amide bonds. The van der Waals surface area contributed by atoms with Crippen molar-refractivity contribution in [3.05, 3.63) is 11.4 Å². The van der Waals surface area contributed by atoms with E-state index in [0.29, 0.717) is 24.0 Å². The number of anilines is 2. The molecule has 0 aliphatic rings. The van der Waals surface area contributed by atoms with Gasteiger partial charge in [0, 0.05) is 24.6 Å². The zero-order valence-corrected chi connectivity index (χ0v) is 12.8. The van der Waals surface area contributed by atoms with Crippen LogP contribution >= 0.6 is 0 Å². The van der Waals surface area contributed by atoms with Crippen molar-refractivity contribution < 1.29 is 9.84 Å². The van der Waals surface area contributed by atoms with Crippen LogP contribution < -0.4 is 16.6 Å². The summed E-state index contributed by atoms with van der Waals surface area (Å²) in [7, 11) is 1.55. The molecule has 0 fully saturated rings. The maximum Gasteiger partial charge on any atom is 0.148 e. The summed E-state index contributed by atoms with van der Waals surface area (Å²) < 4.78 is 4.89. The number of hydrogen-bond donors (Lipinski definition) is 4. The molecule has 7 nitrogen and oxygen atoms in total. The van der Waals surface area contributed by atoms with Crippen LogP contribution in [0.1, 0.15) is 32.2 Å². The van der Waals surface area contributed by atoms with Crippen LogP contribution in [0.4, 0.5) is 11.6 Å². The number of aromatic nitrogens is 2. The molecule has 5 N–H and O–H groups in total. The van der Waals surface area contributed by atoms with Crippen molar-refractivity contribution >= 4 is 11.6 Å². The molecule has 7 heteroatoms. The topological polar surface area (TPSA) is 105 Å². The predicted octanol–water partition coefficient (Wildman–Crippen LogP) is 0.787. The number of nitrogen functional groups attached to an aromatic ring is 1. The molecular weight excluding hydrogens is 258 g/mol. The minimum atomic E-state index is -0.596. The van der Waals surface area contributed by atoms with Crippen LogP contribution in [0.5, 0.6) is 0 Å². The van der Waals surface area contributed by atoms with Crippen LogP contribution in [0.15, 0.2) is 0 Å². The normalized spacial score (nSPS) is 13.2. The molecule has 1 heterocycles. The third kappa shape index (κ3) is 4.29. The summed E-state index contributed by atoms with van der Waals surface area (Å²) in [5.74, 6) is 7.42. The molecule has 0 aromatic carbocycles. The number of ether oxygens (including phenoxy) is 1. The van der Waals surface area contributed by atoms with E-state index in [9.17, 15) is 5.11 Å². The van der Waals surface area contributed by atoms with Gasteiger partial charge in [-0.05, 0) is 6.92 Å². The highest BCUT2D eigenvalue weighted by molar-refractivity contribution is 5.57. The molecule has 1 aromatic rings. The van der Waals surface area contributed by atoms with Gasteiger partial charge in [-0.15, -0.1) is 0 Å². The van der Waals surface area contributed by atoms with Gasteiger partial charge in [0.05, 0.1) is 12.7 Å². The van der Waals surface area contributed by atoms with E-state index in [2.05, 4.69) is 20.7 Å². The third-order valence-corrected chi connectivity index (χ3v) is 2.82. The number of hydrogen-bond acceptors (Lipinski definition) is 7. The lowest BCUT2D eigenvalue weighted by Crippen LogP contribution is -2.26. The molecule has 0 spiro atoms. The minimum Gasteiger partial charge on any atom is -0.389 e. The standard InChI is InChI=1S/C13H25N5O2/c1-8-10(15-6-9(19)7-20-5)16-12(13(2,3)4)17-11(8)18-14/h9,19H,6-7,14H2,1-5H3,(H2,15,16,17,18). The van der Waals surface area contributed by atoms with E-state index < -0.39 is 6.10 Å². The Morgan fingerprint density at radius 1 is 1.30 bits per heavy atom. The van der Waals surface area contributed by atoms with Crippen LogP contribution in [0, 0.1) is 6.92 Å². The first-order valence-electron chi connectivity index (χ1n) is 6.56. The van der Waals surface area contributed by atoms with E-state index in [1.54, 1.807) is 7.11 Å². The monoisotopic (exact) mass is 283 g/mol. The second kappa shape index (κ2) is 6.83. The third-order valence-electron chi connectivity index (χ3n) is 2.82. The Labute approximate surface area is 119 Å². The highest BCUT2D eigenvalue weighted by Gasteiger charge is 2.21. The molecule has 1 unspecified atom stereocenters. The van der Waals surface area contributed by atoms with Gasteiger partial charge in [-0.25, -0.2) is 15.8 Å². The Hall–Kier alpha value is -1.44. The quantitative estimate of drug-likeness (QED) is 0.452. The molecule has 0 aliphatic carbocycles. The van der Waals surface area contributed by atoms with Gasteiger partial charge >= 0.3 is 0 Å². The van der Waals surface area contributed by atoms with Crippen LogP contribution in [0.25, 0.3) is 0 Å². The SMILES string of the molecule is COCC(O)CNc1nc(C(C)(C)C)nc(NN)c1C. The van der Waals surface area contributed by atoms with Gasteiger partial charge in [0.25, 0.3) is 0 Å². The maximum absolute atomic E-state index is 9.69. The summed E-state index contributed by atoms with van der Waals surface area (Å²) in [6, 6.07) is 0. The van der Waals surface area contributed by atoms with E-state index in [1.807, 2.05) is 27.7 Å². The summed E-state index contributed by atoms with van der Waals surface area (Å²) in [5, 5.41) is 12.8. The van der Waals surface area contributed by atoms with Crippen molar-refractivity contribution in [3.63, 3.8) is 0 Å². The van der Waals surface area contributed by atoms with Crippen molar-refractivity contribution in [2.24, 2.45) is 5.84 Å². The van der Waals surface area contributed by atoms with Gasteiger partial charge in [-0.3, -0.25) is 0 Å². The number of aliphatic hydroxyl groups excluding tert-OH is 1. The molecule has 20 heavy (non-hydrogen) atoms. The Kier molecular flexibility index (Phi) is 5.67. The first-order valence-corrected chi connectivity index (χ1v) is 6.56. The van der Waals surface area contributed by atoms with Gasteiger partial charge in [-0.2, -0.15) is 0 Å². The Balaban J connectivity index is 2.99. The zero-order chi connectivity index (χ0) is 15.3. The zero-order valence-electron chi connectivity index (χ0n) is 12.8. The predicted molar refractivity (Wildman–Crippen MR) is 79.7 cm³/mol. The highest BCUT2D eigenvalue weighted by Crippen LogP contribution is 2.25. The molecule has 0 saturated heterocycles. The molecular formula is C13H25N5O2. The minimum absolute atomic E-state index is 0.194. The molecule has 1 atom stereocenters. The van der Waals surface area contributed by atoms with Crippen molar-refractivity contribution in [1.29, 1.82) is 0 Å². The molecule has 0 saturated carbocycles. The largest absolute Gasteiger partial charge is 0.389 e. The molecule has 0 bridgehead atoms. The molecule has 114 valence electrons. The van der Waals surface area contributed by atoms with Crippen LogP contribution in [-0.4, -0.2) is 41.4 Å². The van der Waals surface area contributed by atoms with Crippen LogP contribution in [0.3, 0.4) is 0 Å². The lowest BCUT2D eigenvalue weighted by atomic mass is 9.95. The molecule has 1 aromatic heterocycles. The second-order valence-electron chi connectivity index (χ2n) is 5.75. The number of aliphatic hydroxyl groups is 1. The Bertz CT molecular complexity index is 445. The molecule has 1 rings (SSSR count). The number of hydrazine groups is 1. The number of nitrogens with zero attached hydrogens (tertiary/aromatic N) is 2. The Morgan fingerprint density at radius 3 is 2.40 bits per heavy atom. The average molecular weight is 283 g/mol. The summed E-state index contributed by atoms with van der Waals surface area (Å²) in [6.45, 7) is 8.57. The summed E-state index contributed by atoms with van der Waals surface area (Å²) in [6.07, 6.45) is -0.596. The number of nitrogens with one attached hydrogen (secondary N) is 2. The van der Waals surface area contributed by atoms with Gasteiger partial charge in [0.1, 0.15) is 17.5 Å². The van der Waals surface area contributed by atoms with Gasteiger partial charge in [0.15, 0.2) is 0 Å². The van der Waals surface area contributed by atoms with E-state index in [-0.39, 0.29) is 12.0 Å². The van der Waals surface area contributed by atoms with Crippen LogP contribution in [0.2, 0.25) is 0 Å². The molecule has 0 radical (unpaired) electrons. The van der Waals surface area contributed by atoms with E-state index >= 15 is 0 Å². The average Bonchev–Trinajstić information content (AvgIpc) is 2.36. The van der Waals surface area contributed by atoms with Gasteiger partial charge in [-0.1, -0.05) is 20.8 Å². The second-order valence-corrected chi connectivity index (χ2v) is 5.75. The lowest BCUT2D eigenvalue weighted by Gasteiger charge is -2.21. The van der Waals surface area contributed by atoms with Crippen LogP contribution in [-0.2, 0) is 10.2 Å². The van der Waals surface area contributed by atoms with Crippen molar-refractivity contribution in [1.82, 2.24) is 9.97 Å². The number of nitrogens with two attached hydrogens (primary N) is 1. The molecule has 0 aliphatic heterocycles. The first-order chi connectivity index (χ1) is 9.29. The smallest absolute Gasteiger partial charge is 0.148 e. The lowest BCUT2D eigenvalue weighted by molar-refractivity contribution is 0.0727. The highest BCUT2D eigenvalue weighted by atomic mass is 16.5. The number of rotatable bonds is 6. The van der Waals surface area contributed by atoms with Crippen molar-refractivity contribution in [2.45, 2.75) is 39.2 Å². The van der Waals surface area contributed by atoms with Crippen molar-refractivity contribution in [3.8, 4) is 0 Å².